The zero-order chi connectivity index (χ0) is 20.6. The molecule has 0 atom stereocenters. The van der Waals surface area contributed by atoms with Gasteiger partial charge in [-0.05, 0) is 29.8 Å². The highest BCUT2D eigenvalue weighted by molar-refractivity contribution is 5.90. The van der Waals surface area contributed by atoms with E-state index in [1.807, 2.05) is 30.3 Å². The number of nitrogens with two attached hydrogens (primary N) is 1. The lowest BCUT2D eigenvalue weighted by Gasteiger charge is -2.13. The molecule has 1 amide bonds. The second kappa shape index (κ2) is 9.18. The number of carbonyl (C=O) groups is 2. The summed E-state index contributed by atoms with van der Waals surface area (Å²) >= 11 is 0. The van der Waals surface area contributed by atoms with Gasteiger partial charge in [0, 0.05) is 5.69 Å². The minimum Gasteiger partial charge on any atom is -0.465 e. The first kappa shape index (κ1) is 19.6. The van der Waals surface area contributed by atoms with Crippen molar-refractivity contribution in [3.8, 4) is 0 Å². The molecule has 148 valence electrons. The van der Waals surface area contributed by atoms with Crippen LogP contribution in [0.3, 0.4) is 0 Å². The summed E-state index contributed by atoms with van der Waals surface area (Å²) in [5, 5.41) is 3.04. The molecule has 29 heavy (non-hydrogen) atoms. The Bertz CT molecular complexity index is 993. The van der Waals surface area contributed by atoms with Crippen molar-refractivity contribution in [2.24, 2.45) is 0 Å². The normalized spacial score (nSPS) is 10.1. The van der Waals surface area contributed by atoms with Crippen molar-refractivity contribution in [3.05, 3.63) is 72.1 Å². The van der Waals surface area contributed by atoms with Crippen molar-refractivity contribution >= 4 is 34.9 Å². The maximum atomic E-state index is 12.1. The molecule has 0 radical (unpaired) electrons. The highest BCUT2D eigenvalue weighted by atomic mass is 16.5. The molecule has 1 heterocycles. The lowest BCUT2D eigenvalue weighted by Crippen LogP contribution is -2.31. The van der Waals surface area contributed by atoms with Crippen molar-refractivity contribution in [2.45, 2.75) is 6.42 Å². The number of rotatable bonds is 7. The second-order valence-corrected chi connectivity index (χ2v) is 6.01. The van der Waals surface area contributed by atoms with Gasteiger partial charge in [0.2, 0.25) is 5.91 Å². The number of hydrogen-bond acceptors (Lipinski definition) is 8. The van der Waals surface area contributed by atoms with Crippen LogP contribution in [-0.4, -0.2) is 29.0 Å². The number of nitrogens with zero attached hydrogens (tertiary/aromatic N) is 2. The first-order valence-electron chi connectivity index (χ1n) is 8.71. The fourth-order valence-electron chi connectivity index (χ4n) is 2.49. The summed E-state index contributed by atoms with van der Waals surface area (Å²) in [6.45, 7) is 0. The topological polar surface area (TPSA) is 131 Å². The number of nitrogens with one attached hydrogen (secondary N) is 3. The number of nitrogen functional groups attached to an aromatic ring is 1. The van der Waals surface area contributed by atoms with E-state index in [1.165, 1.54) is 13.4 Å². The standard InChI is InChI=1S/C20H20N6O3/c1-29-20(28)14-7-9-15(10-8-14)24-18-17(21)19(23-12-22-18)26-25-16(27)11-13-5-3-2-4-6-13/h2-10,12H,11,21H2,1H3,(H,25,27)(H2,22,23,24,26). The number of esters is 1. The molecule has 0 unspecified atom stereocenters. The zero-order valence-corrected chi connectivity index (χ0v) is 15.7. The van der Waals surface area contributed by atoms with Crippen molar-refractivity contribution in [1.82, 2.24) is 15.4 Å². The Labute approximate surface area is 167 Å². The molecular formula is C20H20N6O3. The SMILES string of the molecule is COC(=O)c1ccc(Nc2ncnc(NNC(=O)Cc3ccccc3)c2N)cc1. The molecule has 9 nitrogen and oxygen atoms in total. The minimum absolute atomic E-state index is 0.219. The maximum absolute atomic E-state index is 12.1. The number of amides is 1. The summed E-state index contributed by atoms with van der Waals surface area (Å²) in [4.78, 5) is 31.7. The zero-order valence-electron chi connectivity index (χ0n) is 15.7. The Morgan fingerprint density at radius 3 is 2.38 bits per heavy atom. The van der Waals surface area contributed by atoms with E-state index in [-0.39, 0.29) is 23.8 Å². The molecule has 2 aromatic carbocycles. The number of ether oxygens (including phenoxy) is 1. The van der Waals surface area contributed by atoms with Crippen LogP contribution in [0.25, 0.3) is 0 Å². The van der Waals surface area contributed by atoms with Gasteiger partial charge in [-0.3, -0.25) is 15.6 Å². The molecular weight excluding hydrogens is 372 g/mol. The Morgan fingerprint density at radius 1 is 1.00 bits per heavy atom. The van der Waals surface area contributed by atoms with Gasteiger partial charge >= 0.3 is 5.97 Å². The van der Waals surface area contributed by atoms with Gasteiger partial charge in [-0.2, -0.15) is 0 Å². The van der Waals surface area contributed by atoms with Gasteiger partial charge in [0.25, 0.3) is 0 Å². The Hall–Kier alpha value is -4.14. The van der Waals surface area contributed by atoms with E-state index < -0.39 is 5.97 Å². The summed E-state index contributed by atoms with van der Waals surface area (Å²) in [7, 11) is 1.32. The van der Waals surface area contributed by atoms with Crippen LogP contribution in [0.1, 0.15) is 15.9 Å². The lowest BCUT2D eigenvalue weighted by molar-refractivity contribution is -0.119. The van der Waals surface area contributed by atoms with E-state index in [0.717, 1.165) is 5.56 Å². The molecule has 0 fully saturated rings. The molecule has 0 bridgehead atoms. The van der Waals surface area contributed by atoms with E-state index in [1.54, 1.807) is 24.3 Å². The summed E-state index contributed by atoms with van der Waals surface area (Å²) in [5.74, 6) is -0.0429. The lowest BCUT2D eigenvalue weighted by atomic mass is 10.1. The van der Waals surface area contributed by atoms with Crippen LogP contribution in [0.15, 0.2) is 60.9 Å². The number of aromatic nitrogens is 2. The number of methoxy groups -OCH3 is 1. The van der Waals surface area contributed by atoms with Crippen LogP contribution in [-0.2, 0) is 16.0 Å². The number of anilines is 4. The fraction of sp³-hybridized carbons (Fsp3) is 0.100. The van der Waals surface area contributed by atoms with Crippen molar-refractivity contribution in [2.75, 3.05) is 23.6 Å². The Kier molecular flexibility index (Phi) is 6.21. The molecule has 0 spiro atoms. The largest absolute Gasteiger partial charge is 0.465 e. The molecule has 3 aromatic rings. The third-order valence-corrected chi connectivity index (χ3v) is 3.98. The van der Waals surface area contributed by atoms with Gasteiger partial charge in [-0.15, -0.1) is 0 Å². The van der Waals surface area contributed by atoms with Crippen molar-refractivity contribution < 1.29 is 14.3 Å². The molecule has 0 saturated heterocycles. The summed E-state index contributed by atoms with van der Waals surface area (Å²) < 4.78 is 4.67. The van der Waals surface area contributed by atoms with Gasteiger partial charge in [-0.25, -0.2) is 14.8 Å². The molecule has 3 rings (SSSR count). The Balaban J connectivity index is 1.63. The van der Waals surface area contributed by atoms with E-state index in [2.05, 4.69) is 30.9 Å². The summed E-state index contributed by atoms with van der Waals surface area (Å²) in [6.07, 6.45) is 1.53. The second-order valence-electron chi connectivity index (χ2n) is 6.01. The smallest absolute Gasteiger partial charge is 0.337 e. The molecule has 9 heteroatoms. The van der Waals surface area contributed by atoms with Crippen LogP contribution >= 0.6 is 0 Å². The average Bonchev–Trinajstić information content (AvgIpc) is 2.75. The summed E-state index contributed by atoms with van der Waals surface area (Å²) in [5.41, 5.74) is 13.6. The molecule has 1 aromatic heterocycles. The first-order valence-corrected chi connectivity index (χ1v) is 8.71. The third kappa shape index (κ3) is 5.19. The molecule has 0 aliphatic heterocycles. The van der Waals surface area contributed by atoms with E-state index >= 15 is 0 Å². The minimum atomic E-state index is -0.421. The first-order chi connectivity index (χ1) is 14.1. The van der Waals surface area contributed by atoms with E-state index in [4.69, 9.17) is 5.73 Å². The van der Waals surface area contributed by atoms with Crippen LogP contribution < -0.4 is 21.9 Å². The number of hydrazine groups is 1. The van der Waals surface area contributed by atoms with E-state index in [0.29, 0.717) is 17.1 Å². The van der Waals surface area contributed by atoms with Crippen LogP contribution in [0.2, 0.25) is 0 Å². The monoisotopic (exact) mass is 392 g/mol. The van der Waals surface area contributed by atoms with Gasteiger partial charge in [0.15, 0.2) is 11.6 Å². The highest BCUT2D eigenvalue weighted by Crippen LogP contribution is 2.25. The average molecular weight is 392 g/mol. The van der Waals surface area contributed by atoms with Crippen LogP contribution in [0, 0.1) is 0 Å². The maximum Gasteiger partial charge on any atom is 0.337 e. The van der Waals surface area contributed by atoms with Crippen molar-refractivity contribution in [1.29, 1.82) is 0 Å². The highest BCUT2D eigenvalue weighted by Gasteiger charge is 2.11. The van der Waals surface area contributed by atoms with Gasteiger partial charge < -0.3 is 15.8 Å². The molecule has 5 N–H and O–H groups in total. The number of hydrogen-bond donors (Lipinski definition) is 4. The van der Waals surface area contributed by atoms with Crippen molar-refractivity contribution in [3.63, 3.8) is 0 Å². The van der Waals surface area contributed by atoms with Crippen LogP contribution in [0.4, 0.5) is 23.0 Å². The molecule has 0 saturated carbocycles. The van der Waals surface area contributed by atoms with Gasteiger partial charge in [-0.1, -0.05) is 30.3 Å². The predicted octanol–water partition coefficient (Wildman–Crippen LogP) is 2.27. The predicted molar refractivity (Wildman–Crippen MR) is 109 cm³/mol. The molecule has 0 aliphatic carbocycles. The number of carbonyl (C=O) groups excluding carboxylic acids is 2. The third-order valence-electron chi connectivity index (χ3n) is 3.98. The fourth-order valence-corrected chi connectivity index (χ4v) is 2.49. The van der Waals surface area contributed by atoms with Gasteiger partial charge in [0.1, 0.15) is 12.0 Å². The van der Waals surface area contributed by atoms with E-state index in [9.17, 15) is 9.59 Å². The molecule has 0 aliphatic rings. The van der Waals surface area contributed by atoms with Crippen LogP contribution in [0.5, 0.6) is 0 Å². The number of benzene rings is 2. The quantitative estimate of drug-likeness (QED) is 0.356. The Morgan fingerprint density at radius 2 is 1.69 bits per heavy atom. The van der Waals surface area contributed by atoms with Gasteiger partial charge in [0.05, 0.1) is 19.1 Å². The summed E-state index contributed by atoms with van der Waals surface area (Å²) in [6, 6.07) is 16.0.